The molecule has 1 saturated carbocycles. The summed E-state index contributed by atoms with van der Waals surface area (Å²) < 4.78 is 0. The molecule has 2 aliphatic rings. The Hall–Kier alpha value is -0.0800. The van der Waals surface area contributed by atoms with Crippen molar-refractivity contribution in [3.63, 3.8) is 0 Å². The van der Waals surface area contributed by atoms with Gasteiger partial charge in [-0.15, -0.1) is 0 Å². The van der Waals surface area contributed by atoms with E-state index in [1.165, 1.54) is 38.6 Å². The Morgan fingerprint density at radius 1 is 1.06 bits per heavy atom. The minimum atomic E-state index is 0.425. The van der Waals surface area contributed by atoms with Crippen LogP contribution < -0.4 is 5.73 Å². The molecule has 1 aliphatic heterocycles. The Labute approximate surface area is 101 Å². The first-order valence-corrected chi connectivity index (χ1v) is 7.11. The fraction of sp³-hybridized carbons (Fsp3) is 1.00. The maximum atomic E-state index is 6.32. The summed E-state index contributed by atoms with van der Waals surface area (Å²) in [5.74, 6) is 1.68. The Morgan fingerprint density at radius 3 is 2.44 bits per heavy atom. The Balaban J connectivity index is 2.05. The number of rotatable bonds is 1. The molecule has 0 radical (unpaired) electrons. The highest BCUT2D eigenvalue weighted by molar-refractivity contribution is 4.92. The van der Waals surface area contributed by atoms with Crippen molar-refractivity contribution in [2.75, 3.05) is 6.54 Å². The summed E-state index contributed by atoms with van der Waals surface area (Å²) >= 11 is 0. The Bertz CT molecular complexity index is 229. The number of nitrogens with zero attached hydrogens (tertiary/aromatic N) is 1. The van der Waals surface area contributed by atoms with Crippen LogP contribution in [0.3, 0.4) is 0 Å². The minimum absolute atomic E-state index is 0.425. The van der Waals surface area contributed by atoms with E-state index in [0.29, 0.717) is 12.1 Å². The van der Waals surface area contributed by atoms with E-state index in [1.807, 2.05) is 0 Å². The van der Waals surface area contributed by atoms with Crippen molar-refractivity contribution >= 4 is 0 Å². The fourth-order valence-electron chi connectivity index (χ4n) is 3.75. The monoisotopic (exact) mass is 224 g/mol. The van der Waals surface area contributed by atoms with Gasteiger partial charge in [-0.05, 0) is 38.0 Å². The number of hydrogen-bond acceptors (Lipinski definition) is 2. The summed E-state index contributed by atoms with van der Waals surface area (Å²) in [6, 6.07) is 1.81. The molecule has 0 spiro atoms. The summed E-state index contributed by atoms with van der Waals surface area (Å²) in [4.78, 5) is 2.72. The van der Waals surface area contributed by atoms with Gasteiger partial charge in [0.05, 0.1) is 0 Å². The number of likely N-dealkylation sites (tertiary alicyclic amines) is 1. The second kappa shape index (κ2) is 5.05. The maximum Gasteiger partial charge on any atom is 0.0250 e. The zero-order chi connectivity index (χ0) is 11.7. The van der Waals surface area contributed by atoms with Gasteiger partial charge < -0.3 is 5.73 Å². The van der Waals surface area contributed by atoms with Gasteiger partial charge in [-0.25, -0.2) is 0 Å². The van der Waals surface area contributed by atoms with Gasteiger partial charge in [0, 0.05) is 24.7 Å². The van der Waals surface area contributed by atoms with Gasteiger partial charge in [0.25, 0.3) is 0 Å². The van der Waals surface area contributed by atoms with Gasteiger partial charge in [0.2, 0.25) is 0 Å². The molecule has 1 aliphatic carbocycles. The first-order valence-electron chi connectivity index (χ1n) is 7.11. The van der Waals surface area contributed by atoms with Crippen LogP contribution in [0.15, 0.2) is 0 Å². The molecule has 5 atom stereocenters. The van der Waals surface area contributed by atoms with E-state index in [-0.39, 0.29) is 0 Å². The van der Waals surface area contributed by atoms with Gasteiger partial charge >= 0.3 is 0 Å². The molecule has 5 unspecified atom stereocenters. The molecule has 0 aromatic rings. The highest BCUT2D eigenvalue weighted by Gasteiger charge is 2.36. The minimum Gasteiger partial charge on any atom is -0.326 e. The van der Waals surface area contributed by atoms with Gasteiger partial charge in [-0.2, -0.15) is 0 Å². The van der Waals surface area contributed by atoms with Crippen molar-refractivity contribution in [1.82, 2.24) is 4.90 Å². The quantitative estimate of drug-likeness (QED) is 0.742. The van der Waals surface area contributed by atoms with Crippen LogP contribution >= 0.6 is 0 Å². The SMILES string of the molecule is CC1CC(C)C(C)N(C2CCCCC2N)C1. The number of nitrogens with two attached hydrogens (primary N) is 1. The lowest BCUT2D eigenvalue weighted by Gasteiger charge is -2.48. The molecule has 2 fully saturated rings. The van der Waals surface area contributed by atoms with Gasteiger partial charge in [0.1, 0.15) is 0 Å². The molecular weight excluding hydrogens is 196 g/mol. The topological polar surface area (TPSA) is 29.3 Å². The predicted molar refractivity (Wildman–Crippen MR) is 69.3 cm³/mol. The number of hydrogen-bond donors (Lipinski definition) is 1. The summed E-state index contributed by atoms with van der Waals surface area (Å²) in [6.45, 7) is 8.47. The molecule has 2 rings (SSSR count). The summed E-state index contributed by atoms with van der Waals surface area (Å²) in [5, 5.41) is 0. The molecule has 2 N–H and O–H groups in total. The molecule has 94 valence electrons. The van der Waals surface area contributed by atoms with Crippen molar-refractivity contribution in [3.8, 4) is 0 Å². The van der Waals surface area contributed by atoms with Crippen LogP contribution in [0.5, 0.6) is 0 Å². The van der Waals surface area contributed by atoms with E-state index in [2.05, 4.69) is 25.7 Å². The second-order valence-corrected chi connectivity index (χ2v) is 6.27. The van der Waals surface area contributed by atoms with E-state index < -0.39 is 0 Å². The Morgan fingerprint density at radius 2 is 1.75 bits per heavy atom. The van der Waals surface area contributed by atoms with Crippen LogP contribution in [0.25, 0.3) is 0 Å². The average molecular weight is 224 g/mol. The third kappa shape index (κ3) is 2.43. The molecule has 1 saturated heterocycles. The van der Waals surface area contributed by atoms with E-state index in [0.717, 1.165) is 17.9 Å². The lowest BCUT2D eigenvalue weighted by Crippen LogP contribution is -2.57. The van der Waals surface area contributed by atoms with E-state index >= 15 is 0 Å². The van der Waals surface area contributed by atoms with E-state index in [9.17, 15) is 0 Å². The molecule has 1 heterocycles. The third-order valence-corrected chi connectivity index (χ3v) is 4.85. The summed E-state index contributed by atoms with van der Waals surface area (Å²) in [7, 11) is 0. The van der Waals surface area contributed by atoms with Crippen LogP contribution in [0.1, 0.15) is 52.9 Å². The standard InChI is InChI=1S/C14H28N2/c1-10-8-11(2)12(3)16(9-10)14-7-5-4-6-13(14)15/h10-14H,4-9,15H2,1-3H3. The first-order chi connectivity index (χ1) is 7.59. The van der Waals surface area contributed by atoms with Crippen LogP contribution in [0.2, 0.25) is 0 Å². The van der Waals surface area contributed by atoms with Gasteiger partial charge in [-0.3, -0.25) is 4.90 Å². The summed E-state index contributed by atoms with van der Waals surface area (Å²) in [5.41, 5.74) is 6.32. The van der Waals surface area contributed by atoms with Crippen molar-refractivity contribution in [2.45, 2.75) is 71.0 Å². The molecule has 16 heavy (non-hydrogen) atoms. The van der Waals surface area contributed by atoms with Crippen LogP contribution in [0.4, 0.5) is 0 Å². The first kappa shape index (κ1) is 12.4. The van der Waals surface area contributed by atoms with Crippen LogP contribution in [0, 0.1) is 11.8 Å². The molecule has 0 aromatic heterocycles. The Kier molecular flexibility index (Phi) is 3.91. The number of piperidine rings is 1. The zero-order valence-corrected chi connectivity index (χ0v) is 11.2. The highest BCUT2D eigenvalue weighted by atomic mass is 15.2. The van der Waals surface area contributed by atoms with Gasteiger partial charge in [0.15, 0.2) is 0 Å². The highest BCUT2D eigenvalue weighted by Crippen LogP contribution is 2.32. The lowest BCUT2D eigenvalue weighted by molar-refractivity contribution is 0.0178. The average Bonchev–Trinajstić information content (AvgIpc) is 2.24. The smallest absolute Gasteiger partial charge is 0.0250 e. The summed E-state index contributed by atoms with van der Waals surface area (Å²) in [6.07, 6.45) is 6.66. The fourth-order valence-corrected chi connectivity index (χ4v) is 3.75. The van der Waals surface area contributed by atoms with Gasteiger partial charge in [-0.1, -0.05) is 26.7 Å². The molecule has 0 bridgehead atoms. The van der Waals surface area contributed by atoms with Crippen molar-refractivity contribution in [3.05, 3.63) is 0 Å². The molecule has 0 aromatic carbocycles. The molecule has 0 amide bonds. The molecule has 2 nitrogen and oxygen atoms in total. The van der Waals surface area contributed by atoms with Crippen LogP contribution in [-0.4, -0.2) is 29.6 Å². The molecular formula is C14H28N2. The van der Waals surface area contributed by atoms with Crippen molar-refractivity contribution < 1.29 is 0 Å². The van der Waals surface area contributed by atoms with E-state index in [4.69, 9.17) is 5.73 Å². The largest absolute Gasteiger partial charge is 0.326 e. The van der Waals surface area contributed by atoms with Crippen molar-refractivity contribution in [1.29, 1.82) is 0 Å². The maximum absolute atomic E-state index is 6.32. The third-order valence-electron chi connectivity index (χ3n) is 4.85. The van der Waals surface area contributed by atoms with Crippen LogP contribution in [-0.2, 0) is 0 Å². The van der Waals surface area contributed by atoms with E-state index in [1.54, 1.807) is 0 Å². The predicted octanol–water partition coefficient (Wildman–Crippen LogP) is 2.62. The lowest BCUT2D eigenvalue weighted by atomic mass is 9.81. The van der Waals surface area contributed by atoms with Crippen molar-refractivity contribution in [2.24, 2.45) is 17.6 Å². The normalized spacial score (nSPS) is 46.9. The molecule has 2 heteroatoms. The zero-order valence-electron chi connectivity index (χ0n) is 11.2. The second-order valence-electron chi connectivity index (χ2n) is 6.27.